The molecule has 0 saturated carbocycles. The number of ether oxygens (including phenoxy) is 2. The van der Waals surface area contributed by atoms with Crippen LogP contribution < -0.4 is 15.4 Å². The predicted molar refractivity (Wildman–Crippen MR) is 71.2 cm³/mol. The van der Waals surface area contributed by atoms with E-state index in [9.17, 15) is 14.4 Å². The first-order valence-corrected chi connectivity index (χ1v) is 5.97. The van der Waals surface area contributed by atoms with Gasteiger partial charge in [0.2, 0.25) is 5.91 Å². The smallest absolute Gasteiger partial charge is 0.341 e. The third-order valence-electron chi connectivity index (χ3n) is 2.55. The SMILES string of the molecule is COC(=O)c1cc(Cl)c(NC(C)=O)c2c1OCC(=O)N2. The van der Waals surface area contributed by atoms with Gasteiger partial charge in [-0.1, -0.05) is 11.6 Å². The highest BCUT2D eigenvalue weighted by Gasteiger charge is 2.28. The van der Waals surface area contributed by atoms with Crippen molar-refractivity contribution < 1.29 is 23.9 Å². The molecule has 1 heterocycles. The zero-order valence-electron chi connectivity index (χ0n) is 10.7. The summed E-state index contributed by atoms with van der Waals surface area (Å²) in [6.07, 6.45) is 0. The van der Waals surface area contributed by atoms with E-state index >= 15 is 0 Å². The minimum absolute atomic E-state index is 0.0709. The van der Waals surface area contributed by atoms with Gasteiger partial charge in [0, 0.05) is 6.92 Å². The van der Waals surface area contributed by atoms with E-state index in [2.05, 4.69) is 15.4 Å². The largest absolute Gasteiger partial charge is 0.481 e. The lowest BCUT2D eigenvalue weighted by Crippen LogP contribution is -2.28. The highest BCUT2D eigenvalue weighted by Crippen LogP contribution is 2.43. The summed E-state index contributed by atoms with van der Waals surface area (Å²) in [5, 5.41) is 5.10. The van der Waals surface area contributed by atoms with E-state index < -0.39 is 11.9 Å². The molecule has 0 atom stereocenters. The lowest BCUT2D eigenvalue weighted by atomic mass is 10.1. The Hall–Kier alpha value is -2.28. The molecular formula is C12H11ClN2O5. The number of fused-ring (bicyclic) bond motifs is 1. The van der Waals surface area contributed by atoms with Crippen LogP contribution in [0.3, 0.4) is 0 Å². The van der Waals surface area contributed by atoms with E-state index in [0.29, 0.717) is 0 Å². The van der Waals surface area contributed by atoms with E-state index in [1.54, 1.807) is 0 Å². The van der Waals surface area contributed by atoms with Crippen LogP contribution >= 0.6 is 11.6 Å². The Morgan fingerprint density at radius 2 is 2.20 bits per heavy atom. The summed E-state index contributed by atoms with van der Waals surface area (Å²) in [5.74, 6) is -1.33. The third kappa shape index (κ3) is 2.53. The predicted octanol–water partition coefficient (Wildman–Crippen LogP) is 1.42. The first-order valence-electron chi connectivity index (χ1n) is 5.59. The highest BCUT2D eigenvalue weighted by molar-refractivity contribution is 6.35. The zero-order chi connectivity index (χ0) is 14.9. The second-order valence-electron chi connectivity index (χ2n) is 3.99. The fourth-order valence-corrected chi connectivity index (χ4v) is 2.03. The molecule has 2 rings (SSSR count). The Labute approximate surface area is 119 Å². The number of hydrogen-bond donors (Lipinski definition) is 2. The van der Waals surface area contributed by atoms with Crippen LogP contribution in [0.4, 0.5) is 11.4 Å². The fraction of sp³-hybridized carbons (Fsp3) is 0.250. The number of methoxy groups -OCH3 is 1. The number of rotatable bonds is 2. The lowest BCUT2D eigenvalue weighted by molar-refractivity contribution is -0.118. The maximum Gasteiger partial charge on any atom is 0.341 e. The molecule has 0 unspecified atom stereocenters. The summed E-state index contributed by atoms with van der Waals surface area (Å²) in [6, 6.07) is 1.31. The molecule has 1 aliphatic rings. The Balaban J connectivity index is 2.64. The van der Waals surface area contributed by atoms with Gasteiger partial charge in [-0.3, -0.25) is 9.59 Å². The summed E-state index contributed by atoms with van der Waals surface area (Å²) in [4.78, 5) is 34.3. The van der Waals surface area contributed by atoms with E-state index in [-0.39, 0.29) is 40.2 Å². The van der Waals surface area contributed by atoms with Crippen molar-refractivity contribution in [1.82, 2.24) is 0 Å². The highest BCUT2D eigenvalue weighted by atomic mass is 35.5. The fourth-order valence-electron chi connectivity index (χ4n) is 1.77. The molecule has 1 aromatic rings. The first kappa shape index (κ1) is 14.1. The maximum absolute atomic E-state index is 11.7. The number of hydrogen-bond acceptors (Lipinski definition) is 5. The summed E-state index contributed by atoms with van der Waals surface area (Å²) >= 11 is 6.03. The third-order valence-corrected chi connectivity index (χ3v) is 2.85. The van der Waals surface area contributed by atoms with Crippen LogP contribution in [-0.2, 0) is 14.3 Å². The number of amides is 2. The molecule has 2 amide bonds. The Kier molecular flexibility index (Phi) is 3.80. The van der Waals surface area contributed by atoms with Gasteiger partial charge in [0.15, 0.2) is 12.4 Å². The minimum Gasteiger partial charge on any atom is -0.481 e. The Bertz CT molecular complexity index is 614. The van der Waals surface area contributed by atoms with Gasteiger partial charge >= 0.3 is 5.97 Å². The first-order chi connectivity index (χ1) is 9.43. The van der Waals surface area contributed by atoms with Crippen molar-refractivity contribution >= 4 is 40.8 Å². The summed E-state index contributed by atoms with van der Waals surface area (Å²) in [6.45, 7) is 1.06. The van der Waals surface area contributed by atoms with Crippen LogP contribution in [0.2, 0.25) is 5.02 Å². The second kappa shape index (κ2) is 5.38. The summed E-state index contributed by atoms with van der Waals surface area (Å²) in [5.41, 5.74) is 0.390. The van der Waals surface area contributed by atoms with Gasteiger partial charge in [0.05, 0.1) is 17.8 Å². The average Bonchev–Trinajstić information content (AvgIpc) is 2.40. The van der Waals surface area contributed by atoms with Gasteiger partial charge in [-0.05, 0) is 6.07 Å². The van der Waals surface area contributed by atoms with Crippen LogP contribution in [0.1, 0.15) is 17.3 Å². The van der Waals surface area contributed by atoms with Gasteiger partial charge in [0.25, 0.3) is 5.91 Å². The van der Waals surface area contributed by atoms with Crippen molar-refractivity contribution in [2.24, 2.45) is 0 Å². The molecule has 0 bridgehead atoms. The quantitative estimate of drug-likeness (QED) is 0.805. The Morgan fingerprint density at radius 3 is 2.80 bits per heavy atom. The van der Waals surface area contributed by atoms with Crippen LogP contribution in [0.25, 0.3) is 0 Å². The number of anilines is 2. The average molecular weight is 299 g/mol. The monoisotopic (exact) mass is 298 g/mol. The van der Waals surface area contributed by atoms with Crippen molar-refractivity contribution in [1.29, 1.82) is 0 Å². The number of nitrogens with one attached hydrogen (secondary N) is 2. The van der Waals surface area contributed by atoms with Crippen LogP contribution in [0, 0.1) is 0 Å². The molecule has 0 radical (unpaired) electrons. The van der Waals surface area contributed by atoms with Crippen LogP contribution in [0.15, 0.2) is 6.07 Å². The van der Waals surface area contributed by atoms with E-state index in [0.717, 1.165) is 0 Å². The van der Waals surface area contributed by atoms with Crippen molar-refractivity contribution in [3.05, 3.63) is 16.7 Å². The second-order valence-corrected chi connectivity index (χ2v) is 4.40. The Morgan fingerprint density at radius 1 is 1.50 bits per heavy atom. The molecule has 0 fully saturated rings. The zero-order valence-corrected chi connectivity index (χ0v) is 11.5. The number of benzene rings is 1. The van der Waals surface area contributed by atoms with Crippen molar-refractivity contribution in [2.75, 3.05) is 24.4 Å². The van der Waals surface area contributed by atoms with Crippen molar-refractivity contribution in [3.8, 4) is 5.75 Å². The number of carbonyl (C=O) groups excluding carboxylic acids is 3. The maximum atomic E-state index is 11.7. The van der Waals surface area contributed by atoms with Gasteiger partial charge in [-0.2, -0.15) is 0 Å². The molecule has 20 heavy (non-hydrogen) atoms. The van der Waals surface area contributed by atoms with Crippen LogP contribution in [-0.4, -0.2) is 31.5 Å². The van der Waals surface area contributed by atoms with E-state index in [1.807, 2.05) is 0 Å². The van der Waals surface area contributed by atoms with Gasteiger partial charge in [-0.25, -0.2) is 4.79 Å². The van der Waals surface area contributed by atoms with E-state index in [1.165, 1.54) is 20.1 Å². The number of halogens is 1. The lowest BCUT2D eigenvalue weighted by Gasteiger charge is -2.23. The molecule has 1 aromatic carbocycles. The normalized spacial score (nSPS) is 12.8. The van der Waals surface area contributed by atoms with Crippen LogP contribution in [0.5, 0.6) is 5.75 Å². The van der Waals surface area contributed by atoms with E-state index in [4.69, 9.17) is 16.3 Å². The standard InChI is InChI=1S/C12H11ClN2O5/c1-5(16)14-9-7(13)3-6(12(18)19-2)11-10(9)15-8(17)4-20-11/h3H,4H2,1-2H3,(H,14,16)(H,15,17). The minimum atomic E-state index is -0.659. The molecule has 0 saturated heterocycles. The summed E-state index contributed by atoms with van der Waals surface area (Å²) in [7, 11) is 1.21. The molecule has 0 aromatic heterocycles. The van der Waals surface area contributed by atoms with Gasteiger partial charge in [0.1, 0.15) is 11.3 Å². The molecule has 7 nitrogen and oxygen atoms in total. The molecular weight excluding hydrogens is 288 g/mol. The molecule has 0 spiro atoms. The van der Waals surface area contributed by atoms with Gasteiger partial charge < -0.3 is 20.1 Å². The van der Waals surface area contributed by atoms with Gasteiger partial charge in [-0.15, -0.1) is 0 Å². The molecule has 1 aliphatic heterocycles. The molecule has 8 heteroatoms. The topological polar surface area (TPSA) is 93.7 Å². The molecule has 106 valence electrons. The van der Waals surface area contributed by atoms with Crippen molar-refractivity contribution in [3.63, 3.8) is 0 Å². The number of carbonyl (C=O) groups is 3. The number of esters is 1. The molecule has 2 N–H and O–H groups in total. The van der Waals surface area contributed by atoms with Crippen molar-refractivity contribution in [2.45, 2.75) is 6.92 Å². The molecule has 0 aliphatic carbocycles. The summed E-state index contributed by atoms with van der Waals surface area (Å²) < 4.78 is 9.87.